The summed E-state index contributed by atoms with van der Waals surface area (Å²) in [5.41, 5.74) is 2.68. The van der Waals surface area contributed by atoms with Crippen LogP contribution in [-0.4, -0.2) is 21.8 Å². The minimum atomic E-state index is -1.34. The molecule has 0 aliphatic heterocycles. The normalized spacial score (nSPS) is 13.3. The van der Waals surface area contributed by atoms with Crippen LogP contribution >= 0.6 is 0 Å². The van der Waals surface area contributed by atoms with Gasteiger partial charge in [-0.25, -0.2) is 4.98 Å². The lowest BCUT2D eigenvalue weighted by Crippen LogP contribution is -2.37. The third-order valence-corrected chi connectivity index (χ3v) is 8.27. The Labute approximate surface area is 241 Å². The summed E-state index contributed by atoms with van der Waals surface area (Å²) in [6.07, 6.45) is 3.89. The number of methoxy groups -OCH3 is 1. The van der Waals surface area contributed by atoms with Crippen LogP contribution in [0.3, 0.4) is 0 Å². The Morgan fingerprint density at radius 3 is 1.78 bits per heavy atom. The van der Waals surface area contributed by atoms with Crippen molar-refractivity contribution in [3.05, 3.63) is 168 Å². The Morgan fingerprint density at radius 1 is 0.707 bits per heavy atom. The fourth-order valence-electron chi connectivity index (χ4n) is 6.15. The summed E-state index contributed by atoms with van der Waals surface area (Å²) in [6, 6.07) is 43.5. The molecule has 4 heteroatoms. The van der Waals surface area contributed by atoms with Crippen LogP contribution in [0.15, 0.2) is 140 Å². The molecular weight excluding hydrogens is 504 g/mol. The highest BCUT2D eigenvalue weighted by molar-refractivity contribution is 5.88. The lowest BCUT2D eigenvalue weighted by Gasteiger charge is -2.37. The quantitative estimate of drug-likeness (QED) is 0.201. The number of aromatic nitrogens is 2. The van der Waals surface area contributed by atoms with E-state index in [1.54, 1.807) is 7.11 Å². The van der Waals surface area contributed by atoms with Crippen molar-refractivity contribution < 1.29 is 9.84 Å². The summed E-state index contributed by atoms with van der Waals surface area (Å²) >= 11 is 0. The van der Waals surface area contributed by atoms with Crippen LogP contribution in [0, 0.1) is 5.92 Å². The van der Waals surface area contributed by atoms with Gasteiger partial charge in [-0.1, -0.05) is 129 Å². The molecular formula is C37H34N2O2. The molecule has 1 atom stereocenters. The number of rotatable bonds is 8. The first-order chi connectivity index (χ1) is 20.0. The average Bonchev–Trinajstić information content (AvgIpc) is 3.53. The van der Waals surface area contributed by atoms with Crippen molar-refractivity contribution >= 4 is 10.8 Å². The van der Waals surface area contributed by atoms with Crippen LogP contribution in [0.25, 0.3) is 10.8 Å². The molecule has 0 spiro atoms. The molecule has 0 aliphatic rings. The van der Waals surface area contributed by atoms with Crippen LogP contribution < -0.4 is 4.74 Å². The van der Waals surface area contributed by atoms with Gasteiger partial charge in [-0.15, -0.1) is 0 Å². The minimum Gasteiger partial charge on any atom is -0.497 e. The Morgan fingerprint density at radius 2 is 1.27 bits per heavy atom. The molecule has 1 aromatic heterocycles. The summed E-state index contributed by atoms with van der Waals surface area (Å²) in [7, 11) is 1.67. The number of benzene rings is 5. The molecule has 0 aliphatic carbocycles. The van der Waals surface area contributed by atoms with Crippen molar-refractivity contribution in [3.63, 3.8) is 0 Å². The maximum absolute atomic E-state index is 12.6. The molecule has 0 saturated carbocycles. The highest BCUT2D eigenvalue weighted by atomic mass is 16.5. The van der Waals surface area contributed by atoms with E-state index in [1.165, 1.54) is 0 Å². The van der Waals surface area contributed by atoms with Gasteiger partial charge in [0.15, 0.2) is 0 Å². The number of ether oxygens (including phenoxy) is 1. The van der Waals surface area contributed by atoms with Crippen LogP contribution in [-0.2, 0) is 11.1 Å². The fourth-order valence-corrected chi connectivity index (χ4v) is 6.15. The number of nitrogens with zero attached hydrogens (tertiary/aromatic N) is 2. The first-order valence-electron chi connectivity index (χ1n) is 14.0. The molecule has 1 unspecified atom stereocenters. The minimum absolute atomic E-state index is 0.155. The van der Waals surface area contributed by atoms with Gasteiger partial charge in [0.2, 0.25) is 0 Å². The molecule has 41 heavy (non-hydrogen) atoms. The molecule has 4 nitrogen and oxygen atoms in total. The zero-order valence-electron chi connectivity index (χ0n) is 23.6. The second-order valence-corrected chi connectivity index (χ2v) is 10.8. The topological polar surface area (TPSA) is 47.3 Å². The van der Waals surface area contributed by atoms with Crippen LogP contribution in [0.5, 0.6) is 5.75 Å². The Balaban J connectivity index is 1.62. The van der Waals surface area contributed by atoms with E-state index in [9.17, 15) is 5.11 Å². The lowest BCUT2D eigenvalue weighted by molar-refractivity contribution is 0.0292. The number of aliphatic hydroxyl groups is 1. The third kappa shape index (κ3) is 4.32. The first-order valence-corrected chi connectivity index (χ1v) is 14.0. The molecule has 6 aromatic rings. The summed E-state index contributed by atoms with van der Waals surface area (Å²) in [4.78, 5) is 4.96. The lowest BCUT2D eigenvalue weighted by atomic mass is 9.76. The Bertz CT molecular complexity index is 1660. The second-order valence-electron chi connectivity index (χ2n) is 10.8. The van der Waals surface area contributed by atoms with Crippen molar-refractivity contribution in [2.24, 2.45) is 5.92 Å². The van der Waals surface area contributed by atoms with Crippen LogP contribution in [0.1, 0.15) is 41.8 Å². The van der Waals surface area contributed by atoms with Crippen molar-refractivity contribution in [2.75, 3.05) is 7.11 Å². The van der Waals surface area contributed by atoms with Gasteiger partial charge in [-0.2, -0.15) is 0 Å². The fraction of sp³-hybridized carbons (Fsp3) is 0.162. The van der Waals surface area contributed by atoms with E-state index in [4.69, 9.17) is 9.72 Å². The summed E-state index contributed by atoms with van der Waals surface area (Å²) in [5, 5.41) is 14.6. The number of imidazole rings is 1. The van der Waals surface area contributed by atoms with Gasteiger partial charge < -0.3 is 14.4 Å². The van der Waals surface area contributed by atoms with Gasteiger partial charge in [0.25, 0.3) is 0 Å². The maximum atomic E-state index is 12.6. The van der Waals surface area contributed by atoms with Gasteiger partial charge in [-0.05, 0) is 51.1 Å². The van der Waals surface area contributed by atoms with Crippen LogP contribution in [0.4, 0.5) is 0 Å². The summed E-state index contributed by atoms with van der Waals surface area (Å²) in [5.74, 6) is 0.628. The second kappa shape index (κ2) is 10.7. The number of hydrogen-bond acceptors (Lipinski definition) is 3. The predicted octanol–water partition coefficient (Wildman–Crippen LogP) is 7.78. The highest BCUT2D eigenvalue weighted by Crippen LogP contribution is 2.44. The third-order valence-electron chi connectivity index (χ3n) is 8.27. The van der Waals surface area contributed by atoms with Gasteiger partial charge in [-0.3, -0.25) is 0 Å². The van der Waals surface area contributed by atoms with Crippen LogP contribution in [0.2, 0.25) is 0 Å². The van der Waals surface area contributed by atoms with Gasteiger partial charge in [0, 0.05) is 6.20 Å². The van der Waals surface area contributed by atoms with Gasteiger partial charge in [0.1, 0.15) is 16.9 Å². The van der Waals surface area contributed by atoms with Crippen molar-refractivity contribution in [1.29, 1.82) is 0 Å². The highest BCUT2D eigenvalue weighted by Gasteiger charge is 2.42. The van der Waals surface area contributed by atoms with Crippen molar-refractivity contribution in [1.82, 2.24) is 9.55 Å². The Kier molecular flexibility index (Phi) is 6.94. The van der Waals surface area contributed by atoms with E-state index >= 15 is 0 Å². The molecule has 0 fully saturated rings. The number of fused-ring (bicyclic) bond motifs is 1. The van der Waals surface area contributed by atoms with E-state index < -0.39 is 11.1 Å². The van der Waals surface area contributed by atoms with E-state index in [1.807, 2.05) is 81.0 Å². The van der Waals surface area contributed by atoms with E-state index in [0.29, 0.717) is 5.69 Å². The van der Waals surface area contributed by atoms with Crippen molar-refractivity contribution in [2.45, 2.75) is 25.0 Å². The summed E-state index contributed by atoms with van der Waals surface area (Å²) in [6.45, 7) is 4.08. The Hall–Kier alpha value is -4.67. The molecule has 5 aromatic carbocycles. The molecule has 204 valence electrons. The largest absolute Gasteiger partial charge is 0.497 e. The maximum Gasteiger partial charge on any atom is 0.136 e. The molecule has 0 radical (unpaired) electrons. The monoisotopic (exact) mass is 538 g/mol. The van der Waals surface area contributed by atoms with Crippen molar-refractivity contribution in [3.8, 4) is 5.75 Å². The molecule has 0 saturated heterocycles. The standard InChI is InChI=1S/C37H34N2O2/c1-27(2)37(40,34-21-13-14-28-24-32(41-3)22-23-33(28)34)35-25-39(26-38-35)36(29-15-7-4-8-16-29,30-17-9-5-10-18-30)31-19-11-6-12-20-31/h4-27,40H,1-3H3. The molecule has 0 amide bonds. The van der Waals surface area contributed by atoms with Gasteiger partial charge in [0.05, 0.1) is 19.1 Å². The zero-order chi connectivity index (χ0) is 28.5. The molecule has 1 heterocycles. The summed E-state index contributed by atoms with van der Waals surface area (Å²) < 4.78 is 7.63. The van der Waals surface area contributed by atoms with E-state index in [0.717, 1.165) is 38.8 Å². The first kappa shape index (κ1) is 26.5. The SMILES string of the molecule is COc1ccc2c(C(O)(c3cn(C(c4ccccc4)(c4ccccc4)c4ccccc4)cn3)C(C)C)cccc2c1. The smallest absolute Gasteiger partial charge is 0.136 e. The van der Waals surface area contributed by atoms with Gasteiger partial charge >= 0.3 is 0 Å². The zero-order valence-corrected chi connectivity index (χ0v) is 23.6. The molecule has 0 bridgehead atoms. The average molecular weight is 539 g/mol. The molecule has 1 N–H and O–H groups in total. The van der Waals surface area contributed by atoms with E-state index in [2.05, 4.69) is 77.4 Å². The molecule has 6 rings (SSSR count). The predicted molar refractivity (Wildman–Crippen MR) is 165 cm³/mol. The van der Waals surface area contributed by atoms with E-state index in [-0.39, 0.29) is 5.92 Å². The number of hydrogen-bond donors (Lipinski definition) is 1.